The lowest BCUT2D eigenvalue weighted by atomic mass is 9.81. The molecule has 1 aliphatic rings. The fourth-order valence-electron chi connectivity index (χ4n) is 3.96. The Kier molecular flexibility index (Phi) is 5.65. The van der Waals surface area contributed by atoms with Crippen LogP contribution in [0.25, 0.3) is 0 Å². The van der Waals surface area contributed by atoms with Gasteiger partial charge in [-0.1, -0.05) is 12.1 Å². The summed E-state index contributed by atoms with van der Waals surface area (Å²) in [6.07, 6.45) is 0. The van der Waals surface area contributed by atoms with Gasteiger partial charge in [0.2, 0.25) is 5.91 Å². The molecule has 160 valence electrons. The van der Waals surface area contributed by atoms with Crippen molar-refractivity contribution in [3.05, 3.63) is 69.5 Å². The maximum absolute atomic E-state index is 13.6. The molecule has 1 aliphatic heterocycles. The number of benzene rings is 1. The number of nitrogens with zero attached hydrogens (tertiary/aromatic N) is 2. The van der Waals surface area contributed by atoms with Gasteiger partial charge in [-0.25, -0.2) is 4.98 Å². The van der Waals surface area contributed by atoms with Crippen LogP contribution in [0.15, 0.2) is 47.8 Å². The van der Waals surface area contributed by atoms with Gasteiger partial charge in [-0.05, 0) is 48.2 Å². The fraction of sp³-hybridized carbons (Fsp3) is 0.261. The largest absolute Gasteiger partial charge is 0.493 e. The van der Waals surface area contributed by atoms with Gasteiger partial charge in [0, 0.05) is 23.2 Å². The summed E-state index contributed by atoms with van der Waals surface area (Å²) in [5.41, 5.74) is 1.82. The quantitative estimate of drug-likeness (QED) is 0.652. The molecule has 2 unspecified atom stereocenters. The van der Waals surface area contributed by atoms with Crippen molar-refractivity contribution in [1.82, 2.24) is 9.88 Å². The SMILES string of the molecule is COc1cc2c(cc1OC)C(C(=O)Nc1cccc(C)n1)C(c1cccs1)N(C)C2=O. The van der Waals surface area contributed by atoms with Crippen molar-refractivity contribution >= 4 is 29.0 Å². The fourth-order valence-corrected chi connectivity index (χ4v) is 4.87. The third kappa shape index (κ3) is 3.74. The molecule has 0 bridgehead atoms. The minimum Gasteiger partial charge on any atom is -0.493 e. The van der Waals surface area contributed by atoms with Crippen LogP contribution >= 0.6 is 11.3 Å². The number of hydrogen-bond acceptors (Lipinski definition) is 6. The summed E-state index contributed by atoms with van der Waals surface area (Å²) in [6, 6.07) is 12.2. The van der Waals surface area contributed by atoms with Gasteiger partial charge in [0.15, 0.2) is 11.5 Å². The molecule has 3 heterocycles. The zero-order chi connectivity index (χ0) is 22.1. The second kappa shape index (κ2) is 8.39. The van der Waals surface area contributed by atoms with E-state index < -0.39 is 12.0 Å². The van der Waals surface area contributed by atoms with Crippen LogP contribution in [-0.2, 0) is 4.79 Å². The maximum atomic E-state index is 13.6. The number of amides is 2. The van der Waals surface area contributed by atoms with Crippen molar-refractivity contribution in [1.29, 1.82) is 0 Å². The number of carbonyl (C=O) groups is 2. The van der Waals surface area contributed by atoms with Crippen LogP contribution in [0.4, 0.5) is 5.82 Å². The van der Waals surface area contributed by atoms with Gasteiger partial charge in [-0.3, -0.25) is 9.59 Å². The number of aromatic nitrogens is 1. The number of thiophene rings is 1. The van der Waals surface area contributed by atoms with Crippen LogP contribution in [0, 0.1) is 6.92 Å². The number of aryl methyl sites for hydroxylation is 1. The number of carbonyl (C=O) groups excluding carboxylic acids is 2. The van der Waals surface area contributed by atoms with E-state index in [0.29, 0.717) is 28.4 Å². The molecule has 0 fully saturated rings. The summed E-state index contributed by atoms with van der Waals surface area (Å²) < 4.78 is 10.8. The molecule has 4 rings (SSSR count). The van der Waals surface area contributed by atoms with Crippen LogP contribution < -0.4 is 14.8 Å². The van der Waals surface area contributed by atoms with Gasteiger partial charge in [0.05, 0.1) is 26.2 Å². The summed E-state index contributed by atoms with van der Waals surface area (Å²) in [4.78, 5) is 33.8. The van der Waals surface area contributed by atoms with Crippen LogP contribution in [-0.4, -0.2) is 43.0 Å². The molecule has 8 heteroatoms. The Hall–Kier alpha value is -3.39. The van der Waals surface area contributed by atoms with Crippen molar-refractivity contribution in [2.75, 3.05) is 26.6 Å². The van der Waals surface area contributed by atoms with Crippen LogP contribution in [0.3, 0.4) is 0 Å². The first-order valence-corrected chi connectivity index (χ1v) is 10.6. The zero-order valence-electron chi connectivity index (χ0n) is 17.7. The lowest BCUT2D eigenvalue weighted by Crippen LogP contribution is -2.43. The Bertz CT molecular complexity index is 1130. The lowest BCUT2D eigenvalue weighted by molar-refractivity contribution is -0.119. The number of nitrogens with one attached hydrogen (secondary N) is 1. The number of ether oxygens (including phenoxy) is 2. The molecule has 0 spiro atoms. The molecule has 31 heavy (non-hydrogen) atoms. The first-order chi connectivity index (χ1) is 14.9. The maximum Gasteiger partial charge on any atom is 0.254 e. The van der Waals surface area contributed by atoms with Gasteiger partial charge >= 0.3 is 0 Å². The highest BCUT2D eigenvalue weighted by Crippen LogP contribution is 2.46. The van der Waals surface area contributed by atoms with Gasteiger partial charge in [-0.15, -0.1) is 11.3 Å². The summed E-state index contributed by atoms with van der Waals surface area (Å²) in [6.45, 7) is 1.86. The summed E-state index contributed by atoms with van der Waals surface area (Å²) in [5.74, 6) is 0.304. The molecular weight excluding hydrogens is 414 g/mol. The van der Waals surface area contributed by atoms with Crippen molar-refractivity contribution in [3.63, 3.8) is 0 Å². The average molecular weight is 438 g/mol. The lowest BCUT2D eigenvalue weighted by Gasteiger charge is -2.39. The topological polar surface area (TPSA) is 80.8 Å². The van der Waals surface area contributed by atoms with E-state index >= 15 is 0 Å². The predicted octanol–water partition coefficient (Wildman–Crippen LogP) is 4.02. The monoisotopic (exact) mass is 437 g/mol. The first-order valence-electron chi connectivity index (χ1n) is 9.75. The van der Waals surface area contributed by atoms with E-state index in [4.69, 9.17) is 9.47 Å². The van der Waals surface area contributed by atoms with Crippen molar-refractivity contribution in [2.24, 2.45) is 0 Å². The van der Waals surface area contributed by atoms with Gasteiger partial charge < -0.3 is 19.7 Å². The van der Waals surface area contributed by atoms with E-state index in [1.54, 1.807) is 30.1 Å². The van der Waals surface area contributed by atoms with Crippen molar-refractivity contribution in [3.8, 4) is 11.5 Å². The molecule has 1 N–H and O–H groups in total. The Labute approximate surface area is 184 Å². The highest BCUT2D eigenvalue weighted by atomic mass is 32.1. The Morgan fingerprint density at radius 1 is 1.13 bits per heavy atom. The molecule has 1 aromatic carbocycles. The predicted molar refractivity (Wildman–Crippen MR) is 119 cm³/mol. The minimum atomic E-state index is -0.654. The normalized spacial score (nSPS) is 17.8. The van der Waals surface area contributed by atoms with E-state index in [0.717, 1.165) is 10.6 Å². The molecule has 2 atom stereocenters. The summed E-state index contributed by atoms with van der Waals surface area (Å²) >= 11 is 1.51. The van der Waals surface area contributed by atoms with E-state index in [1.165, 1.54) is 25.6 Å². The van der Waals surface area contributed by atoms with Crippen LogP contribution in [0.1, 0.15) is 38.5 Å². The molecule has 0 saturated carbocycles. The van der Waals surface area contributed by atoms with E-state index in [9.17, 15) is 9.59 Å². The summed E-state index contributed by atoms with van der Waals surface area (Å²) in [5, 5.41) is 4.87. The number of methoxy groups -OCH3 is 2. The van der Waals surface area contributed by atoms with Crippen LogP contribution in [0.5, 0.6) is 11.5 Å². The number of rotatable bonds is 5. The molecule has 0 saturated heterocycles. The number of fused-ring (bicyclic) bond motifs is 1. The minimum absolute atomic E-state index is 0.174. The molecule has 2 aromatic heterocycles. The Balaban J connectivity index is 1.86. The number of anilines is 1. The standard InChI is InChI=1S/C23H23N3O4S/c1-13-7-5-9-19(24-13)25-22(27)20-14-11-16(29-3)17(30-4)12-15(14)23(28)26(2)21(20)18-8-6-10-31-18/h5-12,20-21H,1-4H3,(H,24,25,27). The molecule has 2 amide bonds. The van der Waals surface area contributed by atoms with Crippen LogP contribution in [0.2, 0.25) is 0 Å². The Morgan fingerprint density at radius 2 is 1.87 bits per heavy atom. The zero-order valence-corrected chi connectivity index (χ0v) is 18.5. The second-order valence-electron chi connectivity index (χ2n) is 7.30. The highest BCUT2D eigenvalue weighted by molar-refractivity contribution is 7.10. The second-order valence-corrected chi connectivity index (χ2v) is 8.28. The van der Waals surface area contributed by atoms with Crippen molar-refractivity contribution < 1.29 is 19.1 Å². The smallest absolute Gasteiger partial charge is 0.254 e. The van der Waals surface area contributed by atoms with E-state index in [2.05, 4.69) is 10.3 Å². The Morgan fingerprint density at radius 3 is 2.52 bits per heavy atom. The summed E-state index contributed by atoms with van der Waals surface area (Å²) in [7, 11) is 4.77. The third-order valence-electron chi connectivity index (χ3n) is 5.43. The van der Waals surface area contributed by atoms with Gasteiger partial charge in [-0.2, -0.15) is 0 Å². The molecule has 0 aliphatic carbocycles. The van der Waals surface area contributed by atoms with Crippen molar-refractivity contribution in [2.45, 2.75) is 18.9 Å². The molecular formula is C23H23N3O4S. The molecule has 7 nitrogen and oxygen atoms in total. The molecule has 3 aromatic rings. The molecule has 0 radical (unpaired) electrons. The van der Waals surface area contributed by atoms with E-state index in [-0.39, 0.29) is 11.8 Å². The number of pyridine rings is 1. The van der Waals surface area contributed by atoms with Gasteiger partial charge in [0.1, 0.15) is 5.82 Å². The first kappa shape index (κ1) is 20.9. The highest BCUT2D eigenvalue weighted by Gasteiger charge is 2.44. The average Bonchev–Trinajstić information content (AvgIpc) is 3.29. The number of likely N-dealkylation sites (N-methyl/N-ethyl adjacent to an activating group) is 1. The van der Waals surface area contributed by atoms with E-state index in [1.807, 2.05) is 36.6 Å². The van der Waals surface area contributed by atoms with Gasteiger partial charge in [0.25, 0.3) is 5.91 Å². The number of hydrogen-bond donors (Lipinski definition) is 1. The third-order valence-corrected chi connectivity index (χ3v) is 6.37.